The van der Waals surface area contributed by atoms with Crippen LogP contribution >= 0.6 is 0 Å². The zero-order valence-corrected chi connectivity index (χ0v) is 42.0. The van der Waals surface area contributed by atoms with Crippen LogP contribution in [0.2, 0.25) is 0 Å². The van der Waals surface area contributed by atoms with Crippen molar-refractivity contribution in [2.45, 2.75) is 107 Å². The van der Waals surface area contributed by atoms with Gasteiger partial charge in [0.1, 0.15) is 0 Å². The molecule has 8 nitrogen and oxygen atoms in total. The van der Waals surface area contributed by atoms with Crippen molar-refractivity contribution in [3.05, 3.63) is 181 Å². The number of aliphatic hydroxyl groups excluding tert-OH is 2. The normalized spacial score (nSPS) is 11.4. The molecule has 0 fully saturated rings. The van der Waals surface area contributed by atoms with Crippen LogP contribution in [0.1, 0.15) is 95.2 Å². The van der Waals surface area contributed by atoms with Crippen molar-refractivity contribution in [3.63, 3.8) is 0 Å². The number of nitrogens with zero attached hydrogens (tertiary/aromatic N) is 6. The van der Waals surface area contributed by atoms with E-state index < -0.39 is 0 Å². The molecule has 0 bridgehead atoms. The maximum absolute atomic E-state index is 8.56. The molecule has 2 radical (unpaired) electrons. The van der Waals surface area contributed by atoms with Crippen LogP contribution in [0.5, 0.6) is 0 Å². The van der Waals surface area contributed by atoms with Crippen molar-refractivity contribution < 1.29 is 50.4 Å². The van der Waals surface area contributed by atoms with E-state index in [9.17, 15) is 0 Å². The fourth-order valence-corrected chi connectivity index (χ4v) is 6.80. The monoisotopic (exact) mass is 1240 g/mol. The molecule has 0 aliphatic heterocycles. The molecule has 0 saturated carbocycles. The molecule has 0 aliphatic rings. The molecule has 6 aromatic carbocycles. The van der Waals surface area contributed by atoms with Crippen LogP contribution in [-0.2, 0) is 51.0 Å². The Kier molecular flexibility index (Phi) is 23.9. The summed E-state index contributed by atoms with van der Waals surface area (Å²) in [6, 6.07) is 59.1. The Labute approximate surface area is 422 Å². The second-order valence-corrected chi connectivity index (χ2v) is 17.3. The van der Waals surface area contributed by atoms with Gasteiger partial charge in [0, 0.05) is 68.3 Å². The van der Waals surface area contributed by atoms with E-state index in [1.807, 2.05) is 78.9 Å². The molecule has 2 aromatic heterocycles. The SMILES string of the molecule is C.C.C.CC(C)(C)c1ccc(-n2c(-c3[c-]cccc3)nnc2-c2ccccc2)cc1.CC(C)(C)c1ccc(-n2c(-c3ccccc3)nnc2-c2ccccc2)cc1.CC(O)CC(C)O.[Ir].[Ir]. The Morgan fingerprint density at radius 3 is 1.02 bits per heavy atom. The van der Waals surface area contributed by atoms with E-state index in [1.54, 1.807) is 13.8 Å². The van der Waals surface area contributed by atoms with Gasteiger partial charge in [0.05, 0.1) is 18.0 Å². The van der Waals surface area contributed by atoms with Gasteiger partial charge >= 0.3 is 0 Å². The molecule has 2 unspecified atom stereocenters. The third-order valence-corrected chi connectivity index (χ3v) is 10.0. The van der Waals surface area contributed by atoms with Gasteiger partial charge in [-0.05, 0) is 66.5 Å². The van der Waals surface area contributed by atoms with Crippen LogP contribution in [0, 0.1) is 6.07 Å². The van der Waals surface area contributed by atoms with E-state index in [0.29, 0.717) is 6.42 Å². The molecule has 0 saturated heterocycles. The van der Waals surface area contributed by atoms with E-state index in [4.69, 9.17) is 10.2 Å². The van der Waals surface area contributed by atoms with Crippen LogP contribution < -0.4 is 0 Å². The predicted molar refractivity (Wildman–Crippen MR) is 269 cm³/mol. The Bertz CT molecular complexity index is 2250. The van der Waals surface area contributed by atoms with Gasteiger partial charge in [-0.15, -0.1) is 51.2 Å². The van der Waals surface area contributed by atoms with Crippen molar-refractivity contribution in [2.24, 2.45) is 0 Å². The van der Waals surface area contributed by atoms with Crippen LogP contribution in [-0.4, -0.2) is 51.9 Å². The first-order chi connectivity index (χ1) is 29.2. The van der Waals surface area contributed by atoms with Gasteiger partial charge in [0.2, 0.25) is 0 Å². The Morgan fingerprint density at radius 1 is 0.439 bits per heavy atom. The summed E-state index contributed by atoms with van der Waals surface area (Å²) in [7, 11) is 0. The van der Waals surface area contributed by atoms with Gasteiger partial charge in [0.15, 0.2) is 17.5 Å². The molecule has 66 heavy (non-hydrogen) atoms. The zero-order chi connectivity index (χ0) is 43.6. The minimum Gasteiger partial charge on any atom is -0.393 e. The van der Waals surface area contributed by atoms with Crippen molar-refractivity contribution in [1.82, 2.24) is 29.5 Å². The van der Waals surface area contributed by atoms with Gasteiger partial charge in [-0.25, -0.2) is 0 Å². The number of hydrogen-bond acceptors (Lipinski definition) is 6. The maximum Gasteiger partial charge on any atom is 0.168 e. The van der Waals surface area contributed by atoms with E-state index in [0.717, 1.165) is 56.9 Å². The molecule has 354 valence electrons. The average Bonchev–Trinajstić information content (AvgIpc) is 3.91. The molecule has 0 amide bonds. The minimum absolute atomic E-state index is 0. The molecule has 2 atom stereocenters. The number of hydrogen-bond donors (Lipinski definition) is 2. The molecular formula is C56H69Ir2N6O2-. The molecule has 8 rings (SSSR count). The van der Waals surface area contributed by atoms with Gasteiger partial charge in [-0.3, -0.25) is 4.57 Å². The molecular weight excluding hydrogens is 1170 g/mol. The van der Waals surface area contributed by atoms with Crippen LogP contribution in [0.15, 0.2) is 164 Å². The van der Waals surface area contributed by atoms with Crippen molar-refractivity contribution in [1.29, 1.82) is 0 Å². The quantitative estimate of drug-likeness (QED) is 0.147. The second-order valence-electron chi connectivity index (χ2n) is 17.3. The first-order valence-corrected chi connectivity index (χ1v) is 20.8. The van der Waals surface area contributed by atoms with Crippen LogP contribution in [0.25, 0.3) is 56.9 Å². The van der Waals surface area contributed by atoms with Gasteiger partial charge in [-0.2, -0.15) is 5.10 Å². The third-order valence-electron chi connectivity index (χ3n) is 10.0. The number of benzene rings is 6. The molecule has 2 heterocycles. The third kappa shape index (κ3) is 15.4. The standard InChI is InChI=1S/C24H23N3.C24H22N3.C5H12O2.3CH4.2Ir/c2*1-24(2,3)20-14-16-21(17-15-20)27-22(18-10-6-4-7-11-18)25-26-23(27)19-12-8-5-9-13-19;1-4(6)3-5(2)7;;;;;/h4-17H,1-3H3;4-12,14-17H,1-3H3;4-7H,3H2,1-2H3;3*1H4;;/q;-1;;;;;;. The van der Waals surface area contributed by atoms with Gasteiger partial charge < -0.3 is 14.8 Å². The Morgan fingerprint density at radius 2 is 0.742 bits per heavy atom. The average molecular weight is 1240 g/mol. The van der Waals surface area contributed by atoms with Crippen molar-refractivity contribution in [3.8, 4) is 56.9 Å². The first kappa shape index (κ1) is 58.8. The fraction of sp³-hybridized carbons (Fsp3) is 0.286. The predicted octanol–water partition coefficient (Wildman–Crippen LogP) is 13.6. The summed E-state index contributed by atoms with van der Waals surface area (Å²) in [5.74, 6) is 3.31. The second kappa shape index (κ2) is 26.8. The number of aliphatic hydroxyl groups is 2. The number of aromatic nitrogens is 6. The number of rotatable bonds is 8. The van der Waals surface area contributed by atoms with E-state index in [1.165, 1.54) is 11.1 Å². The molecule has 0 aliphatic carbocycles. The van der Waals surface area contributed by atoms with Crippen LogP contribution in [0.4, 0.5) is 0 Å². The summed E-state index contributed by atoms with van der Waals surface area (Å²) in [5, 5.41) is 35.2. The zero-order valence-electron chi connectivity index (χ0n) is 37.2. The van der Waals surface area contributed by atoms with E-state index in [-0.39, 0.29) is 85.5 Å². The summed E-state index contributed by atoms with van der Waals surface area (Å²) in [6.07, 6.45) is -0.278. The fourth-order valence-electron chi connectivity index (χ4n) is 6.80. The van der Waals surface area contributed by atoms with Crippen LogP contribution in [0.3, 0.4) is 0 Å². The molecule has 0 spiro atoms. The summed E-state index contributed by atoms with van der Waals surface area (Å²) >= 11 is 0. The largest absolute Gasteiger partial charge is 0.393 e. The summed E-state index contributed by atoms with van der Waals surface area (Å²) in [4.78, 5) is 0. The minimum atomic E-state index is -0.375. The summed E-state index contributed by atoms with van der Waals surface area (Å²) in [6.45, 7) is 16.7. The smallest absolute Gasteiger partial charge is 0.168 e. The van der Waals surface area contributed by atoms with Crippen molar-refractivity contribution >= 4 is 0 Å². The maximum atomic E-state index is 8.56. The Balaban J connectivity index is 0.000000541. The van der Waals surface area contributed by atoms with Gasteiger partial charge in [-0.1, -0.05) is 179 Å². The summed E-state index contributed by atoms with van der Waals surface area (Å²) < 4.78 is 4.24. The molecule has 10 heteroatoms. The topological polar surface area (TPSA) is 102 Å². The molecule has 2 N–H and O–H groups in total. The van der Waals surface area contributed by atoms with Gasteiger partial charge in [0.25, 0.3) is 0 Å². The summed E-state index contributed by atoms with van der Waals surface area (Å²) in [5.41, 5.74) is 9.00. The first-order valence-electron chi connectivity index (χ1n) is 20.8. The van der Waals surface area contributed by atoms with Crippen molar-refractivity contribution in [2.75, 3.05) is 0 Å². The van der Waals surface area contributed by atoms with E-state index in [2.05, 4.69) is 162 Å². The Hall–Kier alpha value is -5.18. The van der Waals surface area contributed by atoms with E-state index >= 15 is 0 Å². The molecule has 8 aromatic rings.